The lowest BCUT2D eigenvalue weighted by Crippen LogP contribution is -2.54. The third-order valence-electron chi connectivity index (χ3n) is 3.02. The minimum absolute atomic E-state index is 0.542. The number of terminal acetylenes is 1. The zero-order valence-electron chi connectivity index (χ0n) is 12.0. The van der Waals surface area contributed by atoms with Crippen molar-refractivity contribution in [3.8, 4) is 12.3 Å². The highest BCUT2D eigenvalue weighted by Gasteiger charge is 2.54. The minimum atomic E-state index is -3.00. The second-order valence-electron chi connectivity index (χ2n) is 4.22. The average Bonchev–Trinajstić information content (AvgIpc) is 2.67. The van der Waals surface area contributed by atoms with Gasteiger partial charge in [0.15, 0.2) is 23.4 Å². The molecule has 1 aromatic heterocycles. The molecule has 0 radical (unpaired) electrons. The minimum Gasteiger partial charge on any atom is -0.394 e. The number of rotatable bonds is 2. The van der Waals surface area contributed by atoms with E-state index >= 15 is 0 Å². The van der Waals surface area contributed by atoms with Crippen LogP contribution < -0.4 is 17.2 Å². The molecule has 1 unspecified atom stereocenters. The van der Waals surface area contributed by atoms with Crippen LogP contribution in [0.15, 0.2) is 11.0 Å². The summed E-state index contributed by atoms with van der Waals surface area (Å²) in [7, 11) is 0. The van der Waals surface area contributed by atoms with Gasteiger partial charge in [-0.05, 0) is 0 Å². The second-order valence-corrected chi connectivity index (χ2v) is 4.22. The summed E-state index contributed by atoms with van der Waals surface area (Å²) in [5.74, 6) is 0.268. The van der Waals surface area contributed by atoms with E-state index in [-0.39, 0.29) is 0 Å². The molecule has 4 atom stereocenters. The lowest BCUT2D eigenvalue weighted by molar-refractivity contribution is -0.0479. The van der Waals surface area contributed by atoms with E-state index in [1.165, 1.54) is 0 Å². The highest BCUT2D eigenvalue weighted by atomic mass is 19.1. The summed E-state index contributed by atoms with van der Waals surface area (Å²) in [5.41, 5.74) is 7.77. The van der Waals surface area contributed by atoms with E-state index in [1.807, 2.05) is 5.92 Å². The number of hydrogen-bond acceptors (Lipinski definition) is 7. The molecule has 8 nitrogen and oxygen atoms in total. The van der Waals surface area contributed by atoms with Gasteiger partial charge in [-0.3, -0.25) is 4.57 Å². The zero-order chi connectivity index (χ0) is 16.9. The first-order chi connectivity index (χ1) is 10.0. The van der Waals surface area contributed by atoms with Gasteiger partial charge in [0.25, 0.3) is 0 Å². The SMILES string of the molecule is [2H]C([2H])(O)[C@H]1O[C@@H](n2cc(F)c(N)nc2=O)C(N)(C#C)[C@H]1O. The van der Waals surface area contributed by atoms with Crippen molar-refractivity contribution >= 4 is 5.82 Å². The first kappa shape index (κ1) is 11.8. The van der Waals surface area contributed by atoms with Gasteiger partial charge in [-0.25, -0.2) is 9.18 Å². The Kier molecular flexibility index (Phi) is 2.86. The molecule has 0 aliphatic carbocycles. The average molecular weight is 286 g/mol. The summed E-state index contributed by atoms with van der Waals surface area (Å²) < 4.78 is 33.6. The lowest BCUT2D eigenvalue weighted by atomic mass is 9.92. The van der Waals surface area contributed by atoms with Crippen LogP contribution in [0.25, 0.3) is 0 Å². The molecular formula is C11H13FN4O4. The van der Waals surface area contributed by atoms with Crippen molar-refractivity contribution in [1.82, 2.24) is 9.55 Å². The van der Waals surface area contributed by atoms with Gasteiger partial charge in [0.05, 0.1) is 15.5 Å². The number of hydrogen-bond donors (Lipinski definition) is 4. The molecule has 9 heteroatoms. The third-order valence-corrected chi connectivity index (χ3v) is 3.02. The van der Waals surface area contributed by atoms with E-state index in [0.717, 1.165) is 0 Å². The Morgan fingerprint density at radius 1 is 1.80 bits per heavy atom. The summed E-state index contributed by atoms with van der Waals surface area (Å²) in [4.78, 5) is 15.0. The van der Waals surface area contributed by atoms with Crippen LogP contribution in [0.2, 0.25) is 0 Å². The van der Waals surface area contributed by atoms with Crippen molar-refractivity contribution in [2.45, 2.75) is 24.0 Å². The predicted octanol–water partition coefficient (Wildman–Crippen LogP) is -2.45. The molecule has 1 aliphatic rings. The summed E-state index contributed by atoms with van der Waals surface area (Å²) >= 11 is 0. The monoisotopic (exact) mass is 286 g/mol. The highest BCUT2D eigenvalue weighted by molar-refractivity contribution is 5.28. The Bertz CT molecular complexity index is 701. The maximum Gasteiger partial charge on any atom is 0.351 e. The molecule has 1 fully saturated rings. The number of halogens is 1. The van der Waals surface area contributed by atoms with Gasteiger partial charge in [-0.1, -0.05) is 5.92 Å². The van der Waals surface area contributed by atoms with Gasteiger partial charge in [0.2, 0.25) is 0 Å². The molecule has 2 heterocycles. The standard InChI is InChI=1S/C11H13FN4O4/c1-2-11(14)7(18)6(4-17)20-9(11)16-3-5(12)8(13)15-10(16)19/h1,3,6-7,9,17-18H,4,14H2,(H2,13,15,19)/t6-,7+,9-,11?/m1/s1/i4D2. The summed E-state index contributed by atoms with van der Waals surface area (Å²) in [6.45, 7) is -3.00. The highest BCUT2D eigenvalue weighted by Crippen LogP contribution is 2.35. The number of aliphatic hydroxyl groups excluding tert-OH is 1. The Morgan fingerprint density at radius 2 is 2.45 bits per heavy atom. The van der Waals surface area contributed by atoms with Gasteiger partial charge in [-0.2, -0.15) is 4.98 Å². The van der Waals surface area contributed by atoms with Crippen molar-refractivity contribution in [3.05, 3.63) is 22.5 Å². The number of nitrogens with zero attached hydrogens (tertiary/aromatic N) is 2. The van der Waals surface area contributed by atoms with Gasteiger partial charge in [0.1, 0.15) is 12.2 Å². The normalized spacial score (nSPS) is 35.2. The van der Waals surface area contributed by atoms with Crippen LogP contribution in [0, 0.1) is 18.2 Å². The maximum absolute atomic E-state index is 13.5. The topological polar surface area (TPSA) is 137 Å². The Hall–Kier alpha value is -1.99. The number of anilines is 1. The molecule has 0 spiro atoms. The predicted molar refractivity (Wildman–Crippen MR) is 65.6 cm³/mol. The Labute approximate surface area is 115 Å². The Morgan fingerprint density at radius 3 is 3.00 bits per heavy atom. The van der Waals surface area contributed by atoms with Gasteiger partial charge < -0.3 is 26.4 Å². The number of aromatic nitrogens is 2. The molecule has 0 aromatic carbocycles. The van der Waals surface area contributed by atoms with Crippen molar-refractivity contribution in [3.63, 3.8) is 0 Å². The van der Waals surface area contributed by atoms with E-state index in [1.54, 1.807) is 0 Å². The third kappa shape index (κ3) is 1.95. The smallest absolute Gasteiger partial charge is 0.351 e. The van der Waals surface area contributed by atoms with E-state index < -0.39 is 47.9 Å². The fraction of sp³-hybridized carbons (Fsp3) is 0.455. The van der Waals surface area contributed by atoms with Crippen molar-refractivity contribution in [2.75, 3.05) is 12.3 Å². The number of ether oxygens (including phenoxy) is 1. The van der Waals surface area contributed by atoms with Crippen LogP contribution in [0.3, 0.4) is 0 Å². The van der Waals surface area contributed by atoms with E-state index in [0.29, 0.717) is 10.8 Å². The molecule has 0 bridgehead atoms. The van der Waals surface area contributed by atoms with Crippen LogP contribution in [-0.4, -0.2) is 44.1 Å². The first-order valence-electron chi connectivity index (χ1n) is 6.39. The number of aliphatic hydroxyl groups is 2. The maximum atomic E-state index is 13.5. The second kappa shape index (κ2) is 4.84. The van der Waals surface area contributed by atoms with Gasteiger partial charge >= 0.3 is 5.69 Å². The summed E-state index contributed by atoms with van der Waals surface area (Å²) in [6, 6.07) is 0. The van der Waals surface area contributed by atoms with Crippen LogP contribution in [0.5, 0.6) is 0 Å². The van der Waals surface area contributed by atoms with E-state index in [4.69, 9.17) is 25.4 Å². The Balaban J connectivity index is 2.58. The molecular weight excluding hydrogens is 271 g/mol. The van der Waals surface area contributed by atoms with Crippen LogP contribution in [0.1, 0.15) is 8.97 Å². The van der Waals surface area contributed by atoms with Crippen LogP contribution in [0.4, 0.5) is 10.2 Å². The molecule has 0 amide bonds. The summed E-state index contributed by atoms with van der Waals surface area (Å²) in [5, 5.41) is 19.4. The molecule has 108 valence electrons. The number of nitrogens with two attached hydrogens (primary N) is 2. The molecule has 20 heavy (non-hydrogen) atoms. The molecule has 0 saturated carbocycles. The fourth-order valence-electron chi connectivity index (χ4n) is 1.90. The quantitative estimate of drug-likeness (QED) is 0.443. The van der Waals surface area contributed by atoms with Crippen LogP contribution >= 0.6 is 0 Å². The van der Waals surface area contributed by atoms with Crippen LogP contribution in [-0.2, 0) is 4.74 Å². The zero-order valence-corrected chi connectivity index (χ0v) is 10.0. The molecule has 2 rings (SSSR count). The number of nitrogen functional groups attached to an aromatic ring is 1. The molecule has 6 N–H and O–H groups in total. The van der Waals surface area contributed by atoms with E-state index in [9.17, 15) is 19.4 Å². The lowest BCUT2D eigenvalue weighted by Gasteiger charge is -2.27. The van der Waals surface area contributed by atoms with Crippen molar-refractivity contribution in [1.29, 1.82) is 0 Å². The van der Waals surface area contributed by atoms with E-state index in [2.05, 4.69) is 4.98 Å². The summed E-state index contributed by atoms with van der Waals surface area (Å²) in [6.07, 6.45) is 0.479. The fourth-order valence-corrected chi connectivity index (χ4v) is 1.90. The van der Waals surface area contributed by atoms with Gasteiger partial charge in [-0.15, -0.1) is 6.42 Å². The van der Waals surface area contributed by atoms with Crippen molar-refractivity contribution in [2.24, 2.45) is 5.73 Å². The molecule has 1 aliphatic heterocycles. The van der Waals surface area contributed by atoms with Gasteiger partial charge in [0, 0.05) is 0 Å². The first-order valence-corrected chi connectivity index (χ1v) is 5.39. The van der Waals surface area contributed by atoms with Crippen molar-refractivity contribution < 1.29 is 22.1 Å². The molecule has 1 aromatic rings. The molecule has 1 saturated heterocycles. The largest absolute Gasteiger partial charge is 0.394 e.